The molecule has 0 fully saturated rings. The number of rotatable bonds is 1. The van der Waals surface area contributed by atoms with Crippen LogP contribution in [0.4, 0.5) is 0 Å². The summed E-state index contributed by atoms with van der Waals surface area (Å²) in [4.78, 5) is 0. The van der Waals surface area contributed by atoms with Gasteiger partial charge in [-0.05, 0) is 27.7 Å². The first-order valence-corrected chi connectivity index (χ1v) is 4.64. The minimum absolute atomic E-state index is 0.144. The molecular formula is C6H11I2. The molecule has 49 valence electrons. The van der Waals surface area contributed by atoms with Crippen molar-refractivity contribution in [2.75, 3.05) is 0 Å². The molecule has 8 heavy (non-hydrogen) atoms. The summed E-state index contributed by atoms with van der Waals surface area (Å²) in [5.74, 6) is 0. The van der Waals surface area contributed by atoms with E-state index < -0.39 is 0 Å². The fourth-order valence-corrected chi connectivity index (χ4v) is 0. The minimum Gasteiger partial charge on any atom is -0.0780 e. The molecular weight excluding hydrogens is 326 g/mol. The second-order valence-electron chi connectivity index (χ2n) is 2.67. The summed E-state index contributed by atoms with van der Waals surface area (Å²) in [6.07, 6.45) is 0. The lowest BCUT2D eigenvalue weighted by atomic mass is 10.0. The van der Waals surface area contributed by atoms with Crippen molar-refractivity contribution >= 4 is 45.2 Å². The molecule has 0 aromatic heterocycles. The van der Waals surface area contributed by atoms with Gasteiger partial charge < -0.3 is 0 Å². The maximum absolute atomic E-state index is 4.02. The highest BCUT2D eigenvalue weighted by atomic mass is 127. The van der Waals surface area contributed by atoms with Gasteiger partial charge >= 0.3 is 0 Å². The molecule has 0 saturated heterocycles. The van der Waals surface area contributed by atoms with Crippen LogP contribution in [-0.4, -0.2) is 6.84 Å². The van der Waals surface area contributed by atoms with E-state index in [-0.39, 0.29) is 6.84 Å². The average molecular weight is 337 g/mol. The average Bonchev–Trinajstić information content (AvgIpc) is 1.25. The normalized spacial score (nSPS) is 14.2. The van der Waals surface area contributed by atoms with Crippen LogP contribution < -0.4 is 0 Å². The van der Waals surface area contributed by atoms with E-state index in [9.17, 15) is 0 Å². The van der Waals surface area contributed by atoms with Crippen LogP contribution >= 0.6 is 45.2 Å². The van der Waals surface area contributed by atoms with E-state index >= 15 is 0 Å². The smallest absolute Gasteiger partial charge is 0.0334 e. The SMILES string of the molecule is [CH2]C(C)(I)C(C)(C)I. The molecule has 0 bridgehead atoms. The molecule has 0 aromatic carbocycles. The van der Waals surface area contributed by atoms with Gasteiger partial charge in [-0.1, -0.05) is 45.2 Å². The van der Waals surface area contributed by atoms with E-state index in [1.807, 2.05) is 0 Å². The van der Waals surface area contributed by atoms with E-state index in [1.165, 1.54) is 0 Å². The van der Waals surface area contributed by atoms with E-state index in [2.05, 4.69) is 72.9 Å². The second-order valence-corrected chi connectivity index (χ2v) is 7.75. The van der Waals surface area contributed by atoms with Crippen molar-refractivity contribution in [1.82, 2.24) is 0 Å². The van der Waals surface area contributed by atoms with Crippen molar-refractivity contribution in [2.24, 2.45) is 0 Å². The Morgan fingerprint density at radius 3 is 1.25 bits per heavy atom. The molecule has 0 aliphatic rings. The van der Waals surface area contributed by atoms with E-state index in [1.54, 1.807) is 0 Å². The van der Waals surface area contributed by atoms with E-state index in [0.717, 1.165) is 0 Å². The first-order chi connectivity index (χ1) is 3.25. The zero-order chi connectivity index (χ0) is 7.00. The standard InChI is InChI=1S/C6H11I2/c1-5(2,7)6(3,4)8/h1H2,2-4H3. The Balaban J connectivity index is 4.02. The van der Waals surface area contributed by atoms with Crippen LogP contribution in [0.3, 0.4) is 0 Å². The van der Waals surface area contributed by atoms with E-state index in [0.29, 0.717) is 0 Å². The Hall–Kier alpha value is 1.46. The Kier molecular flexibility index (Phi) is 3.07. The molecule has 0 nitrogen and oxygen atoms in total. The summed E-state index contributed by atoms with van der Waals surface area (Å²) in [6.45, 7) is 10.5. The fraction of sp³-hybridized carbons (Fsp3) is 0.833. The van der Waals surface area contributed by atoms with Crippen LogP contribution in [0.25, 0.3) is 0 Å². The van der Waals surface area contributed by atoms with Gasteiger partial charge in [-0.15, -0.1) is 0 Å². The molecule has 0 aliphatic carbocycles. The second kappa shape index (κ2) is 2.60. The molecule has 1 radical (unpaired) electrons. The van der Waals surface area contributed by atoms with Gasteiger partial charge in [-0.2, -0.15) is 0 Å². The molecule has 1 unspecified atom stereocenters. The lowest BCUT2D eigenvalue weighted by Crippen LogP contribution is -2.33. The van der Waals surface area contributed by atoms with Crippen molar-refractivity contribution in [2.45, 2.75) is 27.6 Å². The largest absolute Gasteiger partial charge is 0.0780 e. The summed E-state index contributed by atoms with van der Waals surface area (Å²) >= 11 is 4.78. The molecule has 2 heteroatoms. The molecule has 0 heterocycles. The van der Waals surface area contributed by atoms with Gasteiger partial charge in [0.25, 0.3) is 0 Å². The Morgan fingerprint density at radius 1 is 1.12 bits per heavy atom. The highest BCUT2D eigenvalue weighted by molar-refractivity contribution is 14.1. The maximum Gasteiger partial charge on any atom is 0.0334 e. The van der Waals surface area contributed by atoms with Crippen molar-refractivity contribution in [3.63, 3.8) is 0 Å². The van der Waals surface area contributed by atoms with Crippen molar-refractivity contribution in [1.29, 1.82) is 0 Å². The maximum atomic E-state index is 4.02. The van der Waals surface area contributed by atoms with Crippen LogP contribution in [0, 0.1) is 6.92 Å². The summed E-state index contributed by atoms with van der Waals surface area (Å²) in [5, 5.41) is 0. The summed E-state index contributed by atoms with van der Waals surface area (Å²) in [6, 6.07) is 0. The number of alkyl halides is 2. The number of hydrogen-bond donors (Lipinski definition) is 0. The van der Waals surface area contributed by atoms with Gasteiger partial charge in [0.2, 0.25) is 0 Å². The predicted octanol–water partition coefficient (Wildman–Crippen LogP) is 3.23. The first-order valence-electron chi connectivity index (χ1n) is 2.48. The van der Waals surface area contributed by atoms with Crippen LogP contribution in [-0.2, 0) is 0 Å². The van der Waals surface area contributed by atoms with Crippen LogP contribution in [0.5, 0.6) is 0 Å². The Morgan fingerprint density at radius 2 is 1.25 bits per heavy atom. The van der Waals surface area contributed by atoms with Gasteiger partial charge in [-0.3, -0.25) is 0 Å². The summed E-state index contributed by atoms with van der Waals surface area (Å²) < 4.78 is 0.427. The lowest BCUT2D eigenvalue weighted by Gasteiger charge is -2.30. The summed E-state index contributed by atoms with van der Waals surface area (Å²) in [7, 11) is 0. The molecule has 0 saturated carbocycles. The van der Waals surface area contributed by atoms with Crippen LogP contribution in [0.2, 0.25) is 0 Å². The number of hydrogen-bond acceptors (Lipinski definition) is 0. The van der Waals surface area contributed by atoms with Crippen molar-refractivity contribution < 1.29 is 0 Å². The van der Waals surface area contributed by atoms with Crippen molar-refractivity contribution in [3.05, 3.63) is 6.92 Å². The fourth-order valence-electron chi connectivity index (χ4n) is 0. The minimum atomic E-state index is 0.144. The summed E-state index contributed by atoms with van der Waals surface area (Å²) in [5.41, 5.74) is 0. The quantitative estimate of drug-likeness (QED) is 0.509. The molecule has 1 atom stereocenters. The number of halogens is 2. The first kappa shape index (κ1) is 9.46. The monoisotopic (exact) mass is 337 g/mol. The third kappa shape index (κ3) is 2.85. The third-order valence-corrected chi connectivity index (χ3v) is 4.81. The lowest BCUT2D eigenvalue weighted by molar-refractivity contribution is 0.652. The van der Waals surface area contributed by atoms with E-state index in [4.69, 9.17) is 0 Å². The molecule has 0 aromatic rings. The van der Waals surface area contributed by atoms with Gasteiger partial charge in [0.05, 0.1) is 0 Å². The molecule has 0 rings (SSSR count). The van der Waals surface area contributed by atoms with Crippen LogP contribution in [0.1, 0.15) is 20.8 Å². The molecule has 0 N–H and O–H groups in total. The molecule has 0 spiro atoms. The van der Waals surface area contributed by atoms with Gasteiger partial charge in [0, 0.05) is 6.84 Å². The Labute approximate surface area is 79.1 Å². The van der Waals surface area contributed by atoms with Gasteiger partial charge in [0.15, 0.2) is 0 Å². The Bertz CT molecular complexity index is 61.5. The third-order valence-electron chi connectivity index (χ3n) is 1.24. The van der Waals surface area contributed by atoms with Gasteiger partial charge in [0.1, 0.15) is 0 Å². The topological polar surface area (TPSA) is 0 Å². The van der Waals surface area contributed by atoms with Gasteiger partial charge in [-0.25, -0.2) is 0 Å². The zero-order valence-corrected chi connectivity index (χ0v) is 9.78. The van der Waals surface area contributed by atoms with Crippen molar-refractivity contribution in [3.8, 4) is 0 Å². The molecule has 0 amide bonds. The van der Waals surface area contributed by atoms with Crippen LogP contribution in [0.15, 0.2) is 0 Å². The predicted molar refractivity (Wildman–Crippen MR) is 55.9 cm³/mol. The molecule has 0 aliphatic heterocycles. The highest BCUT2D eigenvalue weighted by Gasteiger charge is 2.31. The highest BCUT2D eigenvalue weighted by Crippen LogP contribution is 2.37. The zero-order valence-electron chi connectivity index (χ0n) is 5.46.